The maximum Gasteiger partial charge on any atom is 1.00 e. The van der Waals surface area contributed by atoms with Crippen molar-refractivity contribution < 1.29 is 49.4 Å². The monoisotopic (exact) mass is 581 g/mol. The molecule has 4 nitrogen and oxygen atoms in total. The van der Waals surface area contributed by atoms with Gasteiger partial charge in [0.15, 0.2) is 0 Å². The van der Waals surface area contributed by atoms with E-state index in [-0.39, 0.29) is 42.4 Å². The first-order valence-corrected chi connectivity index (χ1v) is 16.5. The Balaban J connectivity index is -0.000000688. The summed E-state index contributed by atoms with van der Waals surface area (Å²) >= 11 is 0. The summed E-state index contributed by atoms with van der Waals surface area (Å²) in [4.78, 5) is 20.4. The summed E-state index contributed by atoms with van der Waals surface area (Å²) in [6.07, 6.45) is 43.9. The summed E-state index contributed by atoms with van der Waals surface area (Å²) in [5.74, 6) is -1.84. The summed E-state index contributed by atoms with van der Waals surface area (Å²) < 4.78 is 0. The summed E-state index contributed by atoms with van der Waals surface area (Å²) in [7, 11) is 0. The second kappa shape index (κ2) is 41.0. The summed E-state index contributed by atoms with van der Waals surface area (Å²) in [5.41, 5.74) is 0. The first-order valence-electron chi connectivity index (χ1n) is 16.5. The van der Waals surface area contributed by atoms with Crippen LogP contribution in [0, 0.1) is 0 Å². The zero-order valence-electron chi connectivity index (χ0n) is 27.2. The molecule has 0 aromatic carbocycles. The van der Waals surface area contributed by atoms with Gasteiger partial charge in [-0.1, -0.05) is 127 Å². The van der Waals surface area contributed by atoms with Crippen LogP contribution in [-0.2, 0) is 9.59 Å². The van der Waals surface area contributed by atoms with Crippen LogP contribution in [0.2, 0.25) is 0 Å². The SMILES string of the molecule is CCCCC/C=C\C/C=C\CCCCCCCC(=O)[O-].CCCCC/C=C\C/C=C\CCCCCCCC(=O)[O-].[Na+]. The van der Waals surface area contributed by atoms with Crippen LogP contribution >= 0.6 is 0 Å². The number of unbranched alkanes of at least 4 members (excludes halogenated alkanes) is 16. The van der Waals surface area contributed by atoms with Crippen LogP contribution in [0.4, 0.5) is 0 Å². The van der Waals surface area contributed by atoms with Gasteiger partial charge in [-0.3, -0.25) is 0 Å². The molecule has 0 aliphatic rings. The second-order valence-electron chi connectivity index (χ2n) is 10.7. The molecule has 5 heteroatoms. The third-order valence-electron chi connectivity index (χ3n) is 6.66. The first kappa shape index (κ1) is 44.3. The molecule has 0 saturated carbocycles. The molecule has 0 radical (unpaired) electrons. The van der Waals surface area contributed by atoms with E-state index in [0.717, 1.165) is 64.2 Å². The Morgan fingerprint density at radius 2 is 0.683 bits per heavy atom. The molecule has 0 aliphatic carbocycles. The number of hydrogen-bond acceptors (Lipinski definition) is 4. The van der Waals surface area contributed by atoms with Gasteiger partial charge in [0, 0.05) is 11.9 Å². The van der Waals surface area contributed by atoms with E-state index in [1.807, 2.05) is 0 Å². The van der Waals surface area contributed by atoms with Crippen molar-refractivity contribution in [1.82, 2.24) is 0 Å². The average molecular weight is 582 g/mol. The zero-order chi connectivity index (χ0) is 29.8. The average Bonchev–Trinajstić information content (AvgIpc) is 2.93. The molecule has 232 valence electrons. The van der Waals surface area contributed by atoms with Crippen molar-refractivity contribution >= 4 is 11.9 Å². The largest absolute Gasteiger partial charge is 1.00 e. The smallest absolute Gasteiger partial charge is 0.550 e. The molecule has 0 fully saturated rings. The van der Waals surface area contributed by atoms with E-state index >= 15 is 0 Å². The molecule has 0 aromatic heterocycles. The van der Waals surface area contributed by atoms with Crippen molar-refractivity contribution in [1.29, 1.82) is 0 Å². The van der Waals surface area contributed by atoms with Gasteiger partial charge in [-0.2, -0.15) is 0 Å². The summed E-state index contributed by atoms with van der Waals surface area (Å²) in [6, 6.07) is 0. The fourth-order valence-electron chi connectivity index (χ4n) is 4.16. The van der Waals surface area contributed by atoms with Gasteiger partial charge in [-0.15, -0.1) is 0 Å². The van der Waals surface area contributed by atoms with E-state index in [4.69, 9.17) is 0 Å². The fraction of sp³-hybridized carbons (Fsp3) is 0.722. The van der Waals surface area contributed by atoms with Gasteiger partial charge in [-0.05, 0) is 89.9 Å². The maximum absolute atomic E-state index is 10.2. The molecule has 0 unspecified atom stereocenters. The van der Waals surface area contributed by atoms with Gasteiger partial charge in [0.25, 0.3) is 0 Å². The van der Waals surface area contributed by atoms with E-state index in [0.29, 0.717) is 0 Å². The Morgan fingerprint density at radius 1 is 0.415 bits per heavy atom. The summed E-state index contributed by atoms with van der Waals surface area (Å²) in [6.45, 7) is 4.46. The Kier molecular flexibility index (Phi) is 44.4. The van der Waals surface area contributed by atoms with Crippen LogP contribution in [0.3, 0.4) is 0 Å². The van der Waals surface area contributed by atoms with E-state index in [1.54, 1.807) is 0 Å². The molecule has 0 spiro atoms. The van der Waals surface area contributed by atoms with E-state index in [2.05, 4.69) is 62.5 Å². The minimum absolute atomic E-state index is 0. The van der Waals surface area contributed by atoms with Gasteiger partial charge in [0.1, 0.15) is 0 Å². The van der Waals surface area contributed by atoms with Crippen LogP contribution in [-0.4, -0.2) is 11.9 Å². The first-order chi connectivity index (χ1) is 19.5. The third kappa shape index (κ3) is 48.9. The van der Waals surface area contributed by atoms with Crippen LogP contribution in [0.5, 0.6) is 0 Å². The molecule has 0 aliphatic heterocycles. The van der Waals surface area contributed by atoms with Crippen molar-refractivity contribution in [3.8, 4) is 0 Å². The molecule has 0 N–H and O–H groups in total. The zero-order valence-corrected chi connectivity index (χ0v) is 29.2. The molecule has 0 aromatic rings. The van der Waals surface area contributed by atoms with Crippen LogP contribution < -0.4 is 39.8 Å². The van der Waals surface area contributed by atoms with Gasteiger partial charge < -0.3 is 19.8 Å². The number of carboxylic acid groups (broad SMARTS) is 2. The Labute approximate surface area is 276 Å². The van der Waals surface area contributed by atoms with Gasteiger partial charge in [0.2, 0.25) is 0 Å². The Hall–Kier alpha value is -1.10. The number of carboxylic acids is 2. The predicted octanol–water partition coefficient (Wildman–Crippen LogP) is 6.10. The molecule has 41 heavy (non-hydrogen) atoms. The third-order valence-corrected chi connectivity index (χ3v) is 6.66. The van der Waals surface area contributed by atoms with Crippen LogP contribution in [0.15, 0.2) is 48.6 Å². The minimum atomic E-state index is -0.921. The van der Waals surface area contributed by atoms with Crippen molar-refractivity contribution in [2.45, 2.75) is 168 Å². The van der Waals surface area contributed by atoms with Crippen LogP contribution in [0.1, 0.15) is 168 Å². The number of carbonyl (C=O) groups excluding carboxylic acids is 2. The van der Waals surface area contributed by atoms with Crippen molar-refractivity contribution in [3.05, 3.63) is 48.6 Å². The molecule has 0 heterocycles. The van der Waals surface area contributed by atoms with E-state index in [9.17, 15) is 19.8 Å². The number of aliphatic carboxylic acids is 2. The second-order valence-corrected chi connectivity index (χ2v) is 10.7. The normalized spacial score (nSPS) is 11.4. The molecule has 0 atom stereocenters. The predicted molar refractivity (Wildman–Crippen MR) is 169 cm³/mol. The molecular weight excluding hydrogens is 519 g/mol. The minimum Gasteiger partial charge on any atom is -0.550 e. The number of carbonyl (C=O) groups is 2. The molecule has 0 bridgehead atoms. The van der Waals surface area contributed by atoms with Gasteiger partial charge in [-0.25, -0.2) is 0 Å². The Morgan fingerprint density at radius 3 is 0.976 bits per heavy atom. The molecule has 0 saturated heterocycles. The molecular formula is C36H62NaO4-. The standard InChI is InChI=1S/2C18H32O2.Na/c2*1-2-3-4-5-6-7-8-9-10-11-12-13-14-15-16-17-18(19)20;/h2*6-7,9-10H,2-5,8,11-17H2,1H3,(H,19,20);/q;;+1/p-2/b2*7-6-,10-9-;. The Bertz CT molecular complexity index is 596. The number of rotatable bonds is 28. The molecule has 0 amide bonds. The molecule has 0 rings (SSSR count). The maximum atomic E-state index is 10.2. The fourth-order valence-corrected chi connectivity index (χ4v) is 4.16. The van der Waals surface area contributed by atoms with E-state index < -0.39 is 11.9 Å². The van der Waals surface area contributed by atoms with Crippen molar-refractivity contribution in [2.24, 2.45) is 0 Å². The quantitative estimate of drug-likeness (QED) is 0.0635. The van der Waals surface area contributed by atoms with Gasteiger partial charge >= 0.3 is 29.6 Å². The van der Waals surface area contributed by atoms with Crippen molar-refractivity contribution in [3.63, 3.8) is 0 Å². The summed E-state index contributed by atoms with van der Waals surface area (Å²) in [5, 5.41) is 20.4. The number of allylic oxidation sites excluding steroid dienone is 8. The topological polar surface area (TPSA) is 80.3 Å². The van der Waals surface area contributed by atoms with Gasteiger partial charge in [0.05, 0.1) is 0 Å². The van der Waals surface area contributed by atoms with E-state index in [1.165, 1.54) is 77.0 Å². The van der Waals surface area contributed by atoms with Crippen LogP contribution in [0.25, 0.3) is 0 Å². The van der Waals surface area contributed by atoms with Crippen molar-refractivity contribution in [2.75, 3.05) is 0 Å². The number of hydrogen-bond donors (Lipinski definition) is 0.